The third kappa shape index (κ3) is 3.15. The summed E-state index contributed by atoms with van der Waals surface area (Å²) in [7, 11) is 0. The van der Waals surface area contributed by atoms with Gasteiger partial charge < -0.3 is 10.5 Å². The summed E-state index contributed by atoms with van der Waals surface area (Å²) < 4.78 is 5.38. The van der Waals surface area contributed by atoms with Crippen LogP contribution in [0, 0.1) is 0 Å². The lowest BCUT2D eigenvalue weighted by Crippen LogP contribution is -2.30. The van der Waals surface area contributed by atoms with Gasteiger partial charge in [0.1, 0.15) is 6.61 Å². The second-order valence-electron chi connectivity index (χ2n) is 4.90. The minimum absolute atomic E-state index is 0.231. The van der Waals surface area contributed by atoms with Gasteiger partial charge in [0.05, 0.1) is 5.41 Å². The minimum Gasteiger partial charge on any atom is -0.459 e. The number of benzene rings is 1. The smallest absolute Gasteiger partial charge is 0.316 e. The van der Waals surface area contributed by atoms with E-state index in [9.17, 15) is 4.79 Å². The van der Waals surface area contributed by atoms with Gasteiger partial charge >= 0.3 is 5.97 Å². The Labute approximate surface area is 117 Å². The molecule has 1 heterocycles. The zero-order chi connectivity index (χ0) is 13.9. The number of esters is 1. The Morgan fingerprint density at radius 2 is 1.95 bits per heavy atom. The molecule has 0 radical (unpaired) electrons. The highest BCUT2D eigenvalue weighted by molar-refractivity contribution is 7.09. The molecule has 0 bridgehead atoms. The molecule has 0 atom stereocenters. The van der Waals surface area contributed by atoms with Crippen molar-refractivity contribution < 1.29 is 9.53 Å². The fraction of sp³-hybridized carbons (Fsp3) is 0.267. The highest BCUT2D eigenvalue weighted by Crippen LogP contribution is 2.26. The maximum atomic E-state index is 12.2. The van der Waals surface area contributed by atoms with Crippen molar-refractivity contribution in [1.82, 2.24) is 0 Å². The molecule has 2 rings (SSSR count). The molecule has 2 N–H and O–H groups in total. The van der Waals surface area contributed by atoms with Crippen LogP contribution in [0.25, 0.3) is 0 Å². The molecule has 2 aromatic rings. The van der Waals surface area contributed by atoms with Crippen LogP contribution in [0.3, 0.4) is 0 Å². The standard InChI is InChI=1S/C15H17NO2S/c1-15(2,11-5-7-12(16)8-6-11)14(17)18-10-13-4-3-9-19-13/h3-9H,10,16H2,1-2H3. The van der Waals surface area contributed by atoms with Gasteiger partial charge in [0.25, 0.3) is 0 Å². The van der Waals surface area contributed by atoms with E-state index in [4.69, 9.17) is 10.5 Å². The number of carbonyl (C=O) groups excluding carboxylic acids is 1. The molecule has 0 fully saturated rings. The molecule has 4 heteroatoms. The van der Waals surface area contributed by atoms with Crippen LogP contribution in [0.5, 0.6) is 0 Å². The summed E-state index contributed by atoms with van der Waals surface area (Å²) in [6.45, 7) is 4.04. The van der Waals surface area contributed by atoms with Crippen LogP contribution in [-0.2, 0) is 21.6 Å². The van der Waals surface area contributed by atoms with Crippen molar-refractivity contribution in [3.8, 4) is 0 Å². The fourth-order valence-corrected chi connectivity index (χ4v) is 2.35. The van der Waals surface area contributed by atoms with Crippen LogP contribution in [0.2, 0.25) is 0 Å². The molecule has 19 heavy (non-hydrogen) atoms. The molecule has 0 unspecified atom stereocenters. The average molecular weight is 275 g/mol. The van der Waals surface area contributed by atoms with E-state index < -0.39 is 5.41 Å². The predicted octanol–water partition coefficient (Wildman–Crippen LogP) is 3.35. The van der Waals surface area contributed by atoms with E-state index >= 15 is 0 Å². The maximum absolute atomic E-state index is 12.2. The van der Waals surface area contributed by atoms with E-state index in [0.717, 1.165) is 10.4 Å². The normalized spacial score (nSPS) is 11.3. The summed E-state index contributed by atoms with van der Waals surface area (Å²) in [6.07, 6.45) is 0. The Morgan fingerprint density at radius 3 is 2.53 bits per heavy atom. The van der Waals surface area contributed by atoms with Crippen molar-refractivity contribution in [2.45, 2.75) is 25.9 Å². The van der Waals surface area contributed by atoms with E-state index in [-0.39, 0.29) is 5.97 Å². The Balaban J connectivity index is 2.06. The average Bonchev–Trinajstić information content (AvgIpc) is 2.89. The quantitative estimate of drug-likeness (QED) is 0.687. The van der Waals surface area contributed by atoms with Gasteiger partial charge in [-0.25, -0.2) is 0 Å². The molecule has 100 valence electrons. The van der Waals surface area contributed by atoms with Crippen LogP contribution in [0.15, 0.2) is 41.8 Å². The van der Waals surface area contributed by atoms with Crippen molar-refractivity contribution in [2.24, 2.45) is 0 Å². The van der Waals surface area contributed by atoms with Gasteiger partial charge in [0.2, 0.25) is 0 Å². The Morgan fingerprint density at radius 1 is 1.26 bits per heavy atom. The summed E-state index contributed by atoms with van der Waals surface area (Å²) in [5, 5.41) is 1.97. The van der Waals surface area contributed by atoms with Gasteiger partial charge in [0, 0.05) is 10.6 Å². The molecule has 0 aliphatic carbocycles. The summed E-state index contributed by atoms with van der Waals surface area (Å²) >= 11 is 1.58. The van der Waals surface area contributed by atoms with Crippen molar-refractivity contribution in [3.63, 3.8) is 0 Å². The van der Waals surface area contributed by atoms with Crippen molar-refractivity contribution in [2.75, 3.05) is 5.73 Å². The molecule has 3 nitrogen and oxygen atoms in total. The number of nitrogen functional groups attached to an aromatic ring is 1. The molecule has 1 aromatic heterocycles. The number of thiophene rings is 1. The fourth-order valence-electron chi connectivity index (χ4n) is 1.73. The topological polar surface area (TPSA) is 52.3 Å². The van der Waals surface area contributed by atoms with Gasteiger partial charge in [-0.1, -0.05) is 18.2 Å². The van der Waals surface area contributed by atoms with E-state index in [1.54, 1.807) is 23.5 Å². The molecular weight excluding hydrogens is 258 g/mol. The van der Waals surface area contributed by atoms with Crippen LogP contribution in [0.1, 0.15) is 24.3 Å². The lowest BCUT2D eigenvalue weighted by molar-refractivity contribution is -0.150. The van der Waals surface area contributed by atoms with Crippen LogP contribution in [-0.4, -0.2) is 5.97 Å². The maximum Gasteiger partial charge on any atom is 0.316 e. The molecule has 0 saturated heterocycles. The van der Waals surface area contributed by atoms with Gasteiger partial charge in [-0.15, -0.1) is 11.3 Å². The molecule has 0 aliphatic heterocycles. The number of nitrogens with two attached hydrogens (primary N) is 1. The molecule has 0 spiro atoms. The van der Waals surface area contributed by atoms with E-state index in [2.05, 4.69) is 0 Å². The molecular formula is C15H17NO2S. The Kier molecular flexibility index (Phi) is 3.90. The minimum atomic E-state index is -0.676. The van der Waals surface area contributed by atoms with Gasteiger partial charge in [0.15, 0.2) is 0 Å². The highest BCUT2D eigenvalue weighted by Gasteiger charge is 2.31. The third-order valence-corrected chi connectivity index (χ3v) is 3.92. The van der Waals surface area contributed by atoms with Crippen LogP contribution in [0.4, 0.5) is 5.69 Å². The second-order valence-corrected chi connectivity index (χ2v) is 5.93. The SMILES string of the molecule is CC(C)(C(=O)OCc1cccs1)c1ccc(N)cc1. The summed E-state index contributed by atoms with van der Waals surface area (Å²) in [6, 6.07) is 11.2. The Hall–Kier alpha value is -1.81. The first-order chi connectivity index (χ1) is 9.00. The van der Waals surface area contributed by atoms with Crippen LogP contribution >= 0.6 is 11.3 Å². The lowest BCUT2D eigenvalue weighted by Gasteiger charge is -2.23. The summed E-state index contributed by atoms with van der Waals surface area (Å²) in [4.78, 5) is 13.2. The van der Waals surface area contributed by atoms with E-state index in [1.807, 2.05) is 43.5 Å². The third-order valence-electron chi connectivity index (χ3n) is 3.07. The zero-order valence-corrected chi connectivity index (χ0v) is 11.9. The number of anilines is 1. The summed E-state index contributed by atoms with van der Waals surface area (Å²) in [5.74, 6) is -0.231. The van der Waals surface area contributed by atoms with E-state index in [1.165, 1.54) is 0 Å². The lowest BCUT2D eigenvalue weighted by atomic mass is 9.85. The number of hydrogen-bond donors (Lipinski definition) is 1. The number of rotatable bonds is 4. The largest absolute Gasteiger partial charge is 0.459 e. The van der Waals surface area contributed by atoms with Crippen molar-refractivity contribution >= 4 is 23.0 Å². The molecule has 0 amide bonds. The highest BCUT2D eigenvalue weighted by atomic mass is 32.1. The van der Waals surface area contributed by atoms with Crippen LogP contribution < -0.4 is 5.73 Å². The predicted molar refractivity (Wildman–Crippen MR) is 78.0 cm³/mol. The first-order valence-electron chi connectivity index (χ1n) is 6.06. The van der Waals surface area contributed by atoms with Crippen molar-refractivity contribution in [3.05, 3.63) is 52.2 Å². The summed E-state index contributed by atoms with van der Waals surface area (Å²) in [5.41, 5.74) is 6.57. The monoisotopic (exact) mass is 275 g/mol. The van der Waals surface area contributed by atoms with Gasteiger partial charge in [-0.3, -0.25) is 4.79 Å². The molecule has 0 aliphatic rings. The first-order valence-corrected chi connectivity index (χ1v) is 6.94. The molecule has 0 saturated carbocycles. The number of hydrogen-bond acceptors (Lipinski definition) is 4. The Bertz CT molecular complexity index is 544. The van der Waals surface area contributed by atoms with E-state index in [0.29, 0.717) is 12.3 Å². The van der Waals surface area contributed by atoms with Gasteiger partial charge in [-0.2, -0.15) is 0 Å². The number of ether oxygens (including phenoxy) is 1. The molecule has 1 aromatic carbocycles. The zero-order valence-electron chi connectivity index (χ0n) is 11.1. The van der Waals surface area contributed by atoms with Crippen molar-refractivity contribution in [1.29, 1.82) is 0 Å². The first kappa shape index (κ1) is 13.6. The number of carbonyl (C=O) groups is 1. The van der Waals surface area contributed by atoms with Gasteiger partial charge in [-0.05, 0) is 43.0 Å². The second kappa shape index (κ2) is 5.45.